The molecule has 0 aliphatic rings. The maximum Gasteiger partial charge on any atom is 0.343 e. The van der Waals surface area contributed by atoms with E-state index in [0.29, 0.717) is 26.9 Å². The molecule has 0 radical (unpaired) electrons. The normalized spacial score (nSPS) is 10.6. The van der Waals surface area contributed by atoms with Crippen molar-refractivity contribution in [1.82, 2.24) is 10.4 Å². The summed E-state index contributed by atoms with van der Waals surface area (Å²) in [5, 5.41) is 3.93. The number of esters is 1. The first-order chi connectivity index (χ1) is 14.5. The number of carbonyl (C=O) groups excluding carboxylic acids is 2. The Kier molecular flexibility index (Phi) is 7.31. The molecule has 1 aromatic heterocycles. The number of nitrogens with one attached hydrogen (secondary N) is 1. The molecule has 152 valence electrons. The summed E-state index contributed by atoms with van der Waals surface area (Å²) >= 11 is 6.58. The van der Waals surface area contributed by atoms with E-state index in [2.05, 4.69) is 47.4 Å². The van der Waals surface area contributed by atoms with Crippen molar-refractivity contribution >= 4 is 50.0 Å². The molecule has 3 aromatic rings. The molecular weight excluding hydrogens is 518 g/mol. The number of amides is 1. The smallest absolute Gasteiger partial charge is 0.343 e. The summed E-state index contributed by atoms with van der Waals surface area (Å²) in [6.45, 7) is 0. The Balaban J connectivity index is 1.67. The number of hydrogen-bond donors (Lipinski definition) is 1. The molecule has 0 bridgehead atoms. The van der Waals surface area contributed by atoms with Gasteiger partial charge in [0.25, 0.3) is 5.91 Å². The van der Waals surface area contributed by atoms with Crippen LogP contribution in [0.1, 0.15) is 26.3 Å². The topological polar surface area (TPSA) is 89.9 Å². The molecule has 1 N–H and O–H groups in total. The summed E-state index contributed by atoms with van der Waals surface area (Å²) in [4.78, 5) is 28.3. The number of ether oxygens (including phenoxy) is 2. The standard InChI is InChI=1S/C21H15Br2N3O4/c1-29-19-8-13(10-25-26-20(27)15-9-17(23)12-24-11-15)2-7-18(19)30-21(28)14-3-5-16(22)6-4-14/h2-12H,1H3,(H,26,27)/b25-10-. The number of pyridine rings is 1. The Morgan fingerprint density at radius 3 is 2.43 bits per heavy atom. The van der Waals surface area contributed by atoms with Crippen molar-refractivity contribution in [3.05, 3.63) is 86.6 Å². The number of benzene rings is 2. The molecule has 0 spiro atoms. The maximum atomic E-state index is 12.3. The Morgan fingerprint density at radius 2 is 1.73 bits per heavy atom. The number of halogens is 2. The molecule has 2 aromatic carbocycles. The highest BCUT2D eigenvalue weighted by Gasteiger charge is 2.13. The Hall–Kier alpha value is -3.04. The molecule has 3 rings (SSSR count). The molecule has 9 heteroatoms. The fourth-order valence-electron chi connectivity index (χ4n) is 2.36. The van der Waals surface area contributed by atoms with Crippen molar-refractivity contribution in [2.24, 2.45) is 5.10 Å². The molecule has 30 heavy (non-hydrogen) atoms. The van der Waals surface area contributed by atoms with Gasteiger partial charge in [-0.2, -0.15) is 5.10 Å². The van der Waals surface area contributed by atoms with Gasteiger partial charge in [0.05, 0.1) is 24.5 Å². The summed E-state index contributed by atoms with van der Waals surface area (Å²) in [6, 6.07) is 13.4. The van der Waals surface area contributed by atoms with Gasteiger partial charge in [0.2, 0.25) is 0 Å². The number of aromatic nitrogens is 1. The minimum absolute atomic E-state index is 0.270. The van der Waals surface area contributed by atoms with Crippen LogP contribution in [0.15, 0.2) is 75.0 Å². The molecule has 1 heterocycles. The highest BCUT2D eigenvalue weighted by Crippen LogP contribution is 2.28. The van der Waals surface area contributed by atoms with E-state index in [0.717, 1.165) is 4.47 Å². The van der Waals surface area contributed by atoms with Crippen molar-refractivity contribution in [2.75, 3.05) is 7.11 Å². The number of nitrogens with zero attached hydrogens (tertiary/aromatic N) is 2. The Labute approximate surface area is 189 Å². The van der Waals surface area contributed by atoms with Crippen LogP contribution in [0.2, 0.25) is 0 Å². The summed E-state index contributed by atoms with van der Waals surface area (Å²) in [5.41, 5.74) is 3.85. The van der Waals surface area contributed by atoms with Crippen LogP contribution < -0.4 is 14.9 Å². The molecule has 0 saturated carbocycles. The van der Waals surface area contributed by atoms with Crippen molar-refractivity contribution in [3.8, 4) is 11.5 Å². The summed E-state index contributed by atoms with van der Waals surface area (Å²) in [7, 11) is 1.47. The van der Waals surface area contributed by atoms with Gasteiger partial charge in [-0.05, 0) is 70.0 Å². The van der Waals surface area contributed by atoms with Crippen molar-refractivity contribution in [3.63, 3.8) is 0 Å². The predicted octanol–water partition coefficient (Wildman–Crippen LogP) is 4.60. The summed E-state index contributed by atoms with van der Waals surface area (Å²) in [5.74, 6) is -0.275. The maximum absolute atomic E-state index is 12.3. The largest absolute Gasteiger partial charge is 0.493 e. The second-order valence-electron chi connectivity index (χ2n) is 5.90. The average Bonchev–Trinajstić information content (AvgIpc) is 2.75. The summed E-state index contributed by atoms with van der Waals surface area (Å²) in [6.07, 6.45) is 4.47. The van der Waals surface area contributed by atoms with Crippen LogP contribution in [-0.2, 0) is 0 Å². The number of rotatable bonds is 6. The third-order valence-corrected chi connectivity index (χ3v) is 4.78. The molecule has 0 saturated heterocycles. The monoisotopic (exact) mass is 531 g/mol. The minimum atomic E-state index is -0.503. The van der Waals surface area contributed by atoms with E-state index in [-0.39, 0.29) is 5.75 Å². The van der Waals surface area contributed by atoms with E-state index in [1.165, 1.54) is 19.5 Å². The van der Waals surface area contributed by atoms with Gasteiger partial charge in [-0.15, -0.1) is 0 Å². The highest BCUT2D eigenvalue weighted by molar-refractivity contribution is 9.10. The third kappa shape index (κ3) is 5.74. The second-order valence-corrected chi connectivity index (χ2v) is 7.73. The predicted molar refractivity (Wildman–Crippen MR) is 119 cm³/mol. The Bertz CT molecular complexity index is 1100. The molecule has 0 unspecified atom stereocenters. The first-order valence-corrected chi connectivity index (χ1v) is 10.1. The molecule has 1 amide bonds. The van der Waals surface area contributed by atoms with E-state index in [4.69, 9.17) is 9.47 Å². The van der Waals surface area contributed by atoms with E-state index < -0.39 is 11.9 Å². The molecule has 0 aliphatic heterocycles. The first kappa shape index (κ1) is 21.7. The van der Waals surface area contributed by atoms with Crippen LogP contribution in [0, 0.1) is 0 Å². The molecule has 0 aliphatic carbocycles. The minimum Gasteiger partial charge on any atom is -0.493 e. The number of carbonyl (C=O) groups is 2. The van der Waals surface area contributed by atoms with E-state index in [9.17, 15) is 9.59 Å². The molecule has 0 atom stereocenters. The van der Waals surface area contributed by atoms with Gasteiger partial charge in [-0.25, -0.2) is 10.2 Å². The Morgan fingerprint density at radius 1 is 0.967 bits per heavy atom. The SMILES string of the molecule is COc1cc(/C=N\NC(=O)c2cncc(Br)c2)ccc1OC(=O)c1ccc(Br)cc1. The second kappa shape index (κ2) is 10.1. The zero-order valence-electron chi connectivity index (χ0n) is 15.6. The van der Waals surface area contributed by atoms with Gasteiger partial charge in [-0.1, -0.05) is 15.9 Å². The van der Waals surface area contributed by atoms with Crippen LogP contribution in [0.3, 0.4) is 0 Å². The lowest BCUT2D eigenvalue weighted by atomic mass is 10.2. The van der Waals surface area contributed by atoms with Crippen molar-refractivity contribution in [2.45, 2.75) is 0 Å². The van der Waals surface area contributed by atoms with E-state index >= 15 is 0 Å². The van der Waals surface area contributed by atoms with E-state index in [1.54, 1.807) is 54.7 Å². The van der Waals surface area contributed by atoms with Crippen LogP contribution in [0.25, 0.3) is 0 Å². The number of methoxy groups -OCH3 is 1. The highest BCUT2D eigenvalue weighted by atomic mass is 79.9. The molecule has 0 fully saturated rings. The average molecular weight is 533 g/mol. The molecular formula is C21H15Br2N3O4. The van der Waals surface area contributed by atoms with Crippen LogP contribution >= 0.6 is 31.9 Å². The van der Waals surface area contributed by atoms with E-state index in [1.807, 2.05) is 0 Å². The number of hydrogen-bond acceptors (Lipinski definition) is 6. The zero-order chi connectivity index (χ0) is 21.5. The fourth-order valence-corrected chi connectivity index (χ4v) is 2.99. The number of hydrazone groups is 1. The first-order valence-electron chi connectivity index (χ1n) is 8.56. The third-order valence-electron chi connectivity index (χ3n) is 3.82. The lowest BCUT2D eigenvalue weighted by Gasteiger charge is -2.10. The van der Waals surface area contributed by atoms with Gasteiger partial charge in [-0.3, -0.25) is 9.78 Å². The van der Waals surface area contributed by atoms with Crippen LogP contribution in [0.5, 0.6) is 11.5 Å². The quantitative estimate of drug-likeness (QED) is 0.217. The molecule has 7 nitrogen and oxygen atoms in total. The fraction of sp³-hybridized carbons (Fsp3) is 0.0476. The van der Waals surface area contributed by atoms with Gasteiger partial charge < -0.3 is 9.47 Å². The lowest BCUT2D eigenvalue weighted by molar-refractivity contribution is 0.0729. The van der Waals surface area contributed by atoms with Crippen molar-refractivity contribution < 1.29 is 19.1 Å². The van der Waals surface area contributed by atoms with Gasteiger partial charge in [0, 0.05) is 21.3 Å². The zero-order valence-corrected chi connectivity index (χ0v) is 18.8. The van der Waals surface area contributed by atoms with Crippen LogP contribution in [-0.4, -0.2) is 30.2 Å². The van der Waals surface area contributed by atoms with Gasteiger partial charge in [0.1, 0.15) is 0 Å². The lowest BCUT2D eigenvalue weighted by Crippen LogP contribution is -2.17. The summed E-state index contributed by atoms with van der Waals surface area (Å²) < 4.78 is 12.3. The van der Waals surface area contributed by atoms with Gasteiger partial charge in [0.15, 0.2) is 11.5 Å². The van der Waals surface area contributed by atoms with Crippen molar-refractivity contribution in [1.29, 1.82) is 0 Å². The van der Waals surface area contributed by atoms with Gasteiger partial charge >= 0.3 is 5.97 Å². The van der Waals surface area contributed by atoms with Crippen LogP contribution in [0.4, 0.5) is 0 Å².